The number of hydrogen-bond donors (Lipinski definition) is 2. The van der Waals surface area contributed by atoms with Crippen LogP contribution in [-0.4, -0.2) is 33.3 Å². The van der Waals surface area contributed by atoms with E-state index in [1.54, 1.807) is 14.2 Å². The molecule has 2 N–H and O–H groups in total. The van der Waals surface area contributed by atoms with Gasteiger partial charge in [-0.1, -0.05) is 25.8 Å². The van der Waals surface area contributed by atoms with Crippen molar-refractivity contribution in [3.8, 4) is 11.5 Å². The van der Waals surface area contributed by atoms with E-state index < -0.39 is 0 Å². The SMILES string of the molecule is CCCCCNC(=NCc1ccc(OC)c(OC)c1)NCC. The Morgan fingerprint density at radius 1 is 1.05 bits per heavy atom. The van der Waals surface area contributed by atoms with E-state index in [4.69, 9.17) is 9.47 Å². The summed E-state index contributed by atoms with van der Waals surface area (Å²) in [6.45, 7) is 6.68. The lowest BCUT2D eigenvalue weighted by molar-refractivity contribution is 0.354. The number of aliphatic imine (C=N–C) groups is 1. The first-order chi connectivity index (χ1) is 10.7. The fourth-order valence-corrected chi connectivity index (χ4v) is 2.07. The van der Waals surface area contributed by atoms with E-state index in [1.807, 2.05) is 18.2 Å². The molecule has 1 rings (SSSR count). The zero-order chi connectivity index (χ0) is 16.2. The van der Waals surface area contributed by atoms with Crippen molar-refractivity contribution < 1.29 is 9.47 Å². The molecule has 0 aliphatic carbocycles. The van der Waals surface area contributed by atoms with Crippen LogP contribution in [0, 0.1) is 0 Å². The first-order valence-electron chi connectivity index (χ1n) is 7.98. The molecule has 0 radical (unpaired) electrons. The molecule has 0 fully saturated rings. The van der Waals surface area contributed by atoms with Crippen LogP contribution in [0.1, 0.15) is 38.7 Å². The summed E-state index contributed by atoms with van der Waals surface area (Å²) in [4.78, 5) is 4.61. The van der Waals surface area contributed by atoms with Gasteiger partial charge in [-0.15, -0.1) is 0 Å². The highest BCUT2D eigenvalue weighted by molar-refractivity contribution is 5.79. The average molecular weight is 307 g/mol. The zero-order valence-corrected chi connectivity index (χ0v) is 14.2. The van der Waals surface area contributed by atoms with Crippen LogP contribution in [0.25, 0.3) is 0 Å². The first-order valence-corrected chi connectivity index (χ1v) is 7.98. The van der Waals surface area contributed by atoms with E-state index >= 15 is 0 Å². The van der Waals surface area contributed by atoms with Gasteiger partial charge in [-0.3, -0.25) is 0 Å². The summed E-state index contributed by atoms with van der Waals surface area (Å²) in [6.07, 6.45) is 3.63. The predicted molar refractivity (Wildman–Crippen MR) is 91.9 cm³/mol. The highest BCUT2D eigenvalue weighted by atomic mass is 16.5. The Balaban J connectivity index is 2.64. The molecule has 0 heterocycles. The lowest BCUT2D eigenvalue weighted by Gasteiger charge is -2.12. The second-order valence-electron chi connectivity index (χ2n) is 5.02. The number of guanidine groups is 1. The highest BCUT2D eigenvalue weighted by Crippen LogP contribution is 2.27. The van der Waals surface area contributed by atoms with Gasteiger partial charge >= 0.3 is 0 Å². The predicted octanol–water partition coefficient (Wildman–Crippen LogP) is 2.95. The van der Waals surface area contributed by atoms with Crippen molar-refractivity contribution in [1.82, 2.24) is 10.6 Å². The minimum atomic E-state index is 0.601. The van der Waals surface area contributed by atoms with Crippen molar-refractivity contribution in [3.05, 3.63) is 23.8 Å². The molecule has 0 unspecified atom stereocenters. The quantitative estimate of drug-likeness (QED) is 0.418. The van der Waals surface area contributed by atoms with E-state index in [-0.39, 0.29) is 0 Å². The Bertz CT molecular complexity index is 461. The van der Waals surface area contributed by atoms with Crippen LogP contribution in [0.3, 0.4) is 0 Å². The van der Waals surface area contributed by atoms with Crippen molar-refractivity contribution in [2.24, 2.45) is 4.99 Å². The van der Waals surface area contributed by atoms with Crippen molar-refractivity contribution in [3.63, 3.8) is 0 Å². The summed E-state index contributed by atoms with van der Waals surface area (Å²) < 4.78 is 10.6. The molecule has 0 saturated heterocycles. The summed E-state index contributed by atoms with van der Waals surface area (Å²) in [7, 11) is 3.28. The number of unbranched alkanes of at least 4 members (excludes halogenated alkanes) is 2. The summed E-state index contributed by atoms with van der Waals surface area (Å²) in [5.41, 5.74) is 1.09. The standard InChI is InChI=1S/C17H29N3O2/c1-5-7-8-11-19-17(18-6-2)20-13-14-9-10-15(21-3)16(12-14)22-4/h9-10,12H,5-8,11,13H2,1-4H3,(H2,18,19,20). The minimum Gasteiger partial charge on any atom is -0.493 e. The van der Waals surface area contributed by atoms with Crippen molar-refractivity contribution in [2.75, 3.05) is 27.3 Å². The lowest BCUT2D eigenvalue weighted by atomic mass is 10.2. The third-order valence-corrected chi connectivity index (χ3v) is 3.28. The van der Waals surface area contributed by atoms with Gasteiger partial charge in [0, 0.05) is 13.1 Å². The van der Waals surface area contributed by atoms with Gasteiger partial charge in [0.25, 0.3) is 0 Å². The van der Waals surface area contributed by atoms with Gasteiger partial charge in [0.15, 0.2) is 17.5 Å². The summed E-state index contributed by atoms with van der Waals surface area (Å²) in [5.74, 6) is 2.32. The maximum Gasteiger partial charge on any atom is 0.191 e. The van der Waals surface area contributed by atoms with E-state index in [9.17, 15) is 0 Å². The van der Waals surface area contributed by atoms with E-state index in [2.05, 4.69) is 29.5 Å². The van der Waals surface area contributed by atoms with Gasteiger partial charge in [-0.2, -0.15) is 0 Å². The number of hydrogen-bond acceptors (Lipinski definition) is 3. The average Bonchev–Trinajstić information content (AvgIpc) is 2.56. The van der Waals surface area contributed by atoms with Crippen LogP contribution in [0.15, 0.2) is 23.2 Å². The van der Waals surface area contributed by atoms with Crippen LogP contribution >= 0.6 is 0 Å². The molecule has 0 aliphatic rings. The fourth-order valence-electron chi connectivity index (χ4n) is 2.07. The molecular weight excluding hydrogens is 278 g/mol. The maximum absolute atomic E-state index is 5.32. The number of rotatable bonds is 9. The summed E-state index contributed by atoms with van der Waals surface area (Å²) in [6, 6.07) is 5.87. The summed E-state index contributed by atoms with van der Waals surface area (Å²) >= 11 is 0. The van der Waals surface area contributed by atoms with E-state index in [0.717, 1.165) is 42.5 Å². The van der Waals surface area contributed by atoms with E-state index in [0.29, 0.717) is 6.54 Å². The second kappa shape index (κ2) is 10.8. The fraction of sp³-hybridized carbons (Fsp3) is 0.588. The highest BCUT2D eigenvalue weighted by Gasteiger charge is 2.04. The second-order valence-corrected chi connectivity index (χ2v) is 5.02. The summed E-state index contributed by atoms with van der Waals surface area (Å²) in [5, 5.41) is 6.62. The minimum absolute atomic E-state index is 0.601. The lowest BCUT2D eigenvalue weighted by Crippen LogP contribution is -2.37. The van der Waals surface area contributed by atoms with Crippen LogP contribution < -0.4 is 20.1 Å². The molecule has 1 aromatic rings. The largest absolute Gasteiger partial charge is 0.493 e. The molecule has 0 bridgehead atoms. The Kier molecular flexibility index (Phi) is 8.88. The molecule has 22 heavy (non-hydrogen) atoms. The smallest absolute Gasteiger partial charge is 0.191 e. The van der Waals surface area contributed by atoms with Crippen LogP contribution in [0.5, 0.6) is 11.5 Å². The monoisotopic (exact) mass is 307 g/mol. The molecule has 0 amide bonds. The van der Waals surface area contributed by atoms with Gasteiger partial charge in [0.2, 0.25) is 0 Å². The van der Waals surface area contributed by atoms with Gasteiger partial charge in [0.05, 0.1) is 20.8 Å². The molecule has 5 heteroatoms. The number of nitrogens with zero attached hydrogens (tertiary/aromatic N) is 1. The van der Waals surface area contributed by atoms with Crippen LogP contribution in [-0.2, 0) is 6.54 Å². The van der Waals surface area contributed by atoms with Gasteiger partial charge < -0.3 is 20.1 Å². The molecule has 124 valence electrons. The Morgan fingerprint density at radius 3 is 2.45 bits per heavy atom. The van der Waals surface area contributed by atoms with Crippen molar-refractivity contribution >= 4 is 5.96 Å². The molecule has 0 aromatic heterocycles. The van der Waals surface area contributed by atoms with Crippen LogP contribution in [0.2, 0.25) is 0 Å². The van der Waals surface area contributed by atoms with Crippen molar-refractivity contribution in [1.29, 1.82) is 0 Å². The molecule has 0 saturated carbocycles. The third-order valence-electron chi connectivity index (χ3n) is 3.28. The topological polar surface area (TPSA) is 54.9 Å². The van der Waals surface area contributed by atoms with Gasteiger partial charge in [-0.05, 0) is 31.0 Å². The van der Waals surface area contributed by atoms with Gasteiger partial charge in [-0.25, -0.2) is 4.99 Å². The van der Waals surface area contributed by atoms with Crippen molar-refractivity contribution in [2.45, 2.75) is 39.7 Å². The molecule has 0 atom stereocenters. The molecule has 1 aromatic carbocycles. The Morgan fingerprint density at radius 2 is 1.82 bits per heavy atom. The first kappa shape index (κ1) is 18.1. The van der Waals surface area contributed by atoms with E-state index in [1.165, 1.54) is 12.8 Å². The molecule has 5 nitrogen and oxygen atoms in total. The normalized spacial score (nSPS) is 11.2. The number of benzene rings is 1. The molecule has 0 aliphatic heterocycles. The molecular formula is C17H29N3O2. The Labute approximate surface area is 134 Å². The zero-order valence-electron chi connectivity index (χ0n) is 14.2. The Hall–Kier alpha value is -1.91. The number of nitrogens with one attached hydrogen (secondary N) is 2. The number of ether oxygens (including phenoxy) is 2. The number of methoxy groups -OCH3 is 2. The maximum atomic E-state index is 5.32. The van der Waals surface area contributed by atoms with Crippen LogP contribution in [0.4, 0.5) is 0 Å². The molecule has 0 spiro atoms. The van der Waals surface area contributed by atoms with Gasteiger partial charge in [0.1, 0.15) is 0 Å². The third kappa shape index (κ3) is 6.24.